The van der Waals surface area contributed by atoms with Gasteiger partial charge in [-0.15, -0.1) is 0 Å². The Balaban J connectivity index is 3.78. The van der Waals surface area contributed by atoms with Gasteiger partial charge >= 0.3 is 12.0 Å². The van der Waals surface area contributed by atoms with Gasteiger partial charge < -0.3 is 20.4 Å². The fourth-order valence-corrected chi connectivity index (χ4v) is 0.724. The number of rotatable bonds is 5. The van der Waals surface area contributed by atoms with Crippen LogP contribution in [-0.2, 0) is 4.79 Å². The summed E-state index contributed by atoms with van der Waals surface area (Å²) in [5.41, 5.74) is 0. The van der Waals surface area contributed by atoms with Gasteiger partial charge in [-0.1, -0.05) is 0 Å². The van der Waals surface area contributed by atoms with Gasteiger partial charge in [-0.05, 0) is 6.92 Å². The zero-order valence-corrected chi connectivity index (χ0v) is 8.36. The van der Waals surface area contributed by atoms with Crippen LogP contribution in [0.4, 0.5) is 4.79 Å². The zero-order chi connectivity index (χ0) is 11.1. The fourth-order valence-electron chi connectivity index (χ4n) is 0.724. The molecule has 6 heteroatoms. The van der Waals surface area contributed by atoms with E-state index in [9.17, 15) is 9.59 Å². The monoisotopic (exact) mass is 204 g/mol. The van der Waals surface area contributed by atoms with Gasteiger partial charge in [0.1, 0.15) is 0 Å². The minimum atomic E-state index is -0.955. The summed E-state index contributed by atoms with van der Waals surface area (Å²) in [5, 5.41) is 19.5. The van der Waals surface area contributed by atoms with Gasteiger partial charge in [0, 0.05) is 13.6 Å². The molecule has 0 saturated heterocycles. The number of nitrogens with one attached hydrogen (secondary N) is 1. The summed E-state index contributed by atoms with van der Waals surface area (Å²) in [5.74, 6) is -0.955. The SMILES string of the molecule is CC(CO)N(C)C(=O)NCCC(=O)O. The summed E-state index contributed by atoms with van der Waals surface area (Å²) < 4.78 is 0. The number of hydrogen-bond acceptors (Lipinski definition) is 3. The van der Waals surface area contributed by atoms with Gasteiger partial charge in [0.25, 0.3) is 0 Å². The first-order valence-corrected chi connectivity index (χ1v) is 4.32. The second-order valence-electron chi connectivity index (χ2n) is 3.02. The highest BCUT2D eigenvalue weighted by atomic mass is 16.4. The highest BCUT2D eigenvalue weighted by molar-refractivity contribution is 5.75. The molecule has 3 N–H and O–H groups in total. The van der Waals surface area contributed by atoms with Crippen molar-refractivity contribution in [2.24, 2.45) is 0 Å². The lowest BCUT2D eigenvalue weighted by molar-refractivity contribution is -0.136. The number of carboxylic acid groups (broad SMARTS) is 1. The number of aliphatic hydroxyl groups is 1. The van der Waals surface area contributed by atoms with E-state index in [1.807, 2.05) is 0 Å². The van der Waals surface area contributed by atoms with Crippen LogP contribution in [0.2, 0.25) is 0 Å². The molecule has 0 saturated carbocycles. The van der Waals surface area contributed by atoms with Crippen molar-refractivity contribution in [1.82, 2.24) is 10.2 Å². The zero-order valence-electron chi connectivity index (χ0n) is 8.36. The number of urea groups is 1. The summed E-state index contributed by atoms with van der Waals surface area (Å²) in [4.78, 5) is 22.7. The molecule has 6 nitrogen and oxygen atoms in total. The molecule has 0 aromatic rings. The number of aliphatic hydroxyl groups excluding tert-OH is 1. The number of amides is 2. The van der Waals surface area contributed by atoms with E-state index < -0.39 is 5.97 Å². The number of nitrogens with zero attached hydrogens (tertiary/aromatic N) is 1. The molecular formula is C8H16N2O4. The molecule has 0 heterocycles. The molecule has 0 spiro atoms. The van der Waals surface area contributed by atoms with E-state index in [1.165, 1.54) is 11.9 Å². The molecule has 2 amide bonds. The first kappa shape index (κ1) is 12.7. The van der Waals surface area contributed by atoms with Gasteiger partial charge in [-0.3, -0.25) is 4.79 Å². The van der Waals surface area contributed by atoms with Crippen LogP contribution in [-0.4, -0.2) is 53.4 Å². The molecule has 0 radical (unpaired) electrons. The van der Waals surface area contributed by atoms with Crippen molar-refractivity contribution < 1.29 is 19.8 Å². The van der Waals surface area contributed by atoms with E-state index in [-0.39, 0.29) is 31.6 Å². The quantitative estimate of drug-likeness (QED) is 0.562. The molecule has 14 heavy (non-hydrogen) atoms. The summed E-state index contributed by atoms with van der Waals surface area (Å²) >= 11 is 0. The summed E-state index contributed by atoms with van der Waals surface area (Å²) in [6.07, 6.45) is -0.104. The molecule has 0 rings (SSSR count). The van der Waals surface area contributed by atoms with Crippen LogP contribution in [0.5, 0.6) is 0 Å². The summed E-state index contributed by atoms with van der Waals surface area (Å²) in [7, 11) is 1.54. The molecule has 1 atom stereocenters. The Labute approximate surface area is 82.5 Å². The van der Waals surface area contributed by atoms with Crippen LogP contribution in [0, 0.1) is 0 Å². The van der Waals surface area contributed by atoms with Crippen molar-refractivity contribution in [1.29, 1.82) is 0 Å². The van der Waals surface area contributed by atoms with Gasteiger partial charge in [0.05, 0.1) is 19.1 Å². The number of carbonyl (C=O) groups is 2. The third-order valence-electron chi connectivity index (χ3n) is 1.86. The Morgan fingerprint density at radius 1 is 1.50 bits per heavy atom. The predicted octanol–water partition coefficient (Wildman–Crippen LogP) is -0.517. The van der Waals surface area contributed by atoms with Crippen molar-refractivity contribution in [2.75, 3.05) is 20.2 Å². The first-order chi connectivity index (χ1) is 6.49. The van der Waals surface area contributed by atoms with Gasteiger partial charge in [0.15, 0.2) is 0 Å². The Morgan fingerprint density at radius 3 is 2.50 bits per heavy atom. The molecule has 0 aromatic carbocycles. The van der Waals surface area contributed by atoms with Crippen LogP contribution in [0.1, 0.15) is 13.3 Å². The average molecular weight is 204 g/mol. The van der Waals surface area contributed by atoms with Crippen LogP contribution < -0.4 is 5.32 Å². The Kier molecular flexibility index (Phi) is 5.62. The largest absolute Gasteiger partial charge is 0.481 e. The summed E-state index contributed by atoms with van der Waals surface area (Å²) in [6.45, 7) is 1.66. The summed E-state index contributed by atoms with van der Waals surface area (Å²) in [6, 6.07) is -0.660. The topological polar surface area (TPSA) is 89.9 Å². The molecule has 0 aromatic heterocycles. The Morgan fingerprint density at radius 2 is 2.07 bits per heavy atom. The maximum absolute atomic E-state index is 11.2. The van der Waals surface area contributed by atoms with E-state index in [2.05, 4.69) is 5.32 Å². The number of likely N-dealkylation sites (N-methyl/N-ethyl adjacent to an activating group) is 1. The van der Waals surface area contributed by atoms with Crippen molar-refractivity contribution in [3.05, 3.63) is 0 Å². The second-order valence-corrected chi connectivity index (χ2v) is 3.02. The van der Waals surface area contributed by atoms with Crippen molar-refractivity contribution in [3.8, 4) is 0 Å². The second kappa shape index (κ2) is 6.20. The van der Waals surface area contributed by atoms with Gasteiger partial charge in [0.2, 0.25) is 0 Å². The van der Waals surface area contributed by atoms with E-state index in [1.54, 1.807) is 6.92 Å². The number of carboxylic acids is 1. The lowest BCUT2D eigenvalue weighted by Crippen LogP contribution is -2.44. The van der Waals surface area contributed by atoms with Crippen molar-refractivity contribution in [3.63, 3.8) is 0 Å². The predicted molar refractivity (Wildman–Crippen MR) is 50.0 cm³/mol. The maximum atomic E-state index is 11.2. The van der Waals surface area contributed by atoms with Crippen LogP contribution >= 0.6 is 0 Å². The van der Waals surface area contributed by atoms with E-state index >= 15 is 0 Å². The highest BCUT2D eigenvalue weighted by Gasteiger charge is 2.13. The molecule has 0 bridgehead atoms. The minimum Gasteiger partial charge on any atom is -0.481 e. The van der Waals surface area contributed by atoms with E-state index in [4.69, 9.17) is 10.2 Å². The average Bonchev–Trinajstić information content (AvgIpc) is 2.14. The first-order valence-electron chi connectivity index (χ1n) is 4.32. The van der Waals surface area contributed by atoms with Crippen LogP contribution in [0.3, 0.4) is 0 Å². The molecule has 0 aliphatic rings. The fraction of sp³-hybridized carbons (Fsp3) is 0.750. The standard InChI is InChI=1S/C8H16N2O4/c1-6(5-11)10(2)8(14)9-4-3-7(12)13/h6,11H,3-5H2,1-2H3,(H,9,14)(H,12,13). The molecular weight excluding hydrogens is 188 g/mol. The molecule has 0 aliphatic heterocycles. The molecule has 0 fully saturated rings. The molecule has 0 aliphatic carbocycles. The third-order valence-corrected chi connectivity index (χ3v) is 1.86. The third kappa shape index (κ3) is 4.66. The van der Waals surface area contributed by atoms with Crippen molar-refractivity contribution in [2.45, 2.75) is 19.4 Å². The van der Waals surface area contributed by atoms with Crippen LogP contribution in [0.15, 0.2) is 0 Å². The van der Waals surface area contributed by atoms with Crippen LogP contribution in [0.25, 0.3) is 0 Å². The van der Waals surface area contributed by atoms with E-state index in [0.29, 0.717) is 0 Å². The van der Waals surface area contributed by atoms with Crippen molar-refractivity contribution >= 4 is 12.0 Å². The number of hydrogen-bond donors (Lipinski definition) is 3. The van der Waals surface area contributed by atoms with Gasteiger partial charge in [-0.2, -0.15) is 0 Å². The Hall–Kier alpha value is -1.30. The minimum absolute atomic E-state index is 0.0939. The lowest BCUT2D eigenvalue weighted by atomic mass is 10.3. The highest BCUT2D eigenvalue weighted by Crippen LogP contribution is 1.94. The normalized spacial score (nSPS) is 11.9. The maximum Gasteiger partial charge on any atom is 0.317 e. The number of carbonyl (C=O) groups excluding carboxylic acids is 1. The number of aliphatic carboxylic acids is 1. The van der Waals surface area contributed by atoms with E-state index in [0.717, 1.165) is 0 Å². The Bertz CT molecular complexity index is 208. The smallest absolute Gasteiger partial charge is 0.317 e. The molecule has 82 valence electrons. The van der Waals surface area contributed by atoms with Gasteiger partial charge in [-0.25, -0.2) is 4.79 Å². The molecule has 1 unspecified atom stereocenters. The lowest BCUT2D eigenvalue weighted by Gasteiger charge is -2.23.